The van der Waals surface area contributed by atoms with Crippen LogP contribution in [-0.4, -0.2) is 60.0 Å². The SMILES string of the molecule is Cc1csc(N2CCCN(c3ncc(C(=O)N4CCCCC4)cc3Cl)CC2)n1. The maximum atomic E-state index is 12.7. The van der Waals surface area contributed by atoms with Gasteiger partial charge in [-0.05, 0) is 38.7 Å². The zero-order valence-electron chi connectivity index (χ0n) is 16.2. The first-order valence-electron chi connectivity index (χ1n) is 9.98. The molecule has 2 fully saturated rings. The molecule has 1 amide bonds. The molecule has 2 saturated heterocycles. The zero-order chi connectivity index (χ0) is 19.5. The van der Waals surface area contributed by atoms with E-state index >= 15 is 0 Å². The molecule has 0 unspecified atom stereocenters. The van der Waals surface area contributed by atoms with E-state index in [9.17, 15) is 4.79 Å². The summed E-state index contributed by atoms with van der Waals surface area (Å²) in [5, 5.41) is 3.73. The van der Waals surface area contributed by atoms with Crippen molar-refractivity contribution in [2.24, 2.45) is 0 Å². The summed E-state index contributed by atoms with van der Waals surface area (Å²) in [7, 11) is 0. The largest absolute Gasteiger partial charge is 0.354 e. The molecule has 6 nitrogen and oxygen atoms in total. The number of hydrogen-bond donors (Lipinski definition) is 0. The fourth-order valence-corrected chi connectivity index (χ4v) is 5.01. The molecule has 0 N–H and O–H groups in total. The standard InChI is InChI=1S/C20H26ClN5OS/c1-15-14-28-20(23-15)26-9-5-8-24(10-11-26)18-17(21)12-16(13-22-18)19(27)25-6-3-2-4-7-25/h12-14H,2-11H2,1H3. The first-order valence-corrected chi connectivity index (χ1v) is 11.2. The Bertz CT molecular complexity index is 836. The number of aromatic nitrogens is 2. The summed E-state index contributed by atoms with van der Waals surface area (Å²) in [6.07, 6.45) is 6.06. The summed E-state index contributed by atoms with van der Waals surface area (Å²) < 4.78 is 0. The number of nitrogens with zero attached hydrogens (tertiary/aromatic N) is 5. The minimum absolute atomic E-state index is 0.0434. The van der Waals surface area contributed by atoms with E-state index in [1.807, 2.05) is 11.8 Å². The topological polar surface area (TPSA) is 52.6 Å². The lowest BCUT2D eigenvalue weighted by Crippen LogP contribution is -2.35. The van der Waals surface area contributed by atoms with Crippen molar-refractivity contribution in [1.29, 1.82) is 0 Å². The minimum atomic E-state index is 0.0434. The summed E-state index contributed by atoms with van der Waals surface area (Å²) in [5.74, 6) is 0.816. The van der Waals surface area contributed by atoms with Crippen molar-refractivity contribution in [2.75, 3.05) is 49.1 Å². The number of likely N-dealkylation sites (tertiary alicyclic amines) is 1. The third-order valence-electron chi connectivity index (χ3n) is 5.38. The highest BCUT2D eigenvalue weighted by Crippen LogP contribution is 2.28. The van der Waals surface area contributed by atoms with Gasteiger partial charge in [0.25, 0.3) is 5.91 Å². The van der Waals surface area contributed by atoms with Crippen molar-refractivity contribution in [3.8, 4) is 0 Å². The van der Waals surface area contributed by atoms with Gasteiger partial charge in [0.05, 0.1) is 16.3 Å². The Morgan fingerprint density at radius 3 is 2.50 bits per heavy atom. The lowest BCUT2D eigenvalue weighted by Gasteiger charge is -2.27. The highest BCUT2D eigenvalue weighted by atomic mass is 35.5. The van der Waals surface area contributed by atoms with Crippen molar-refractivity contribution < 1.29 is 4.79 Å². The predicted molar refractivity (Wildman–Crippen MR) is 115 cm³/mol. The van der Waals surface area contributed by atoms with Gasteiger partial charge in [0.2, 0.25) is 0 Å². The molecule has 150 valence electrons. The minimum Gasteiger partial charge on any atom is -0.354 e. The van der Waals surface area contributed by atoms with Crippen molar-refractivity contribution in [1.82, 2.24) is 14.9 Å². The highest BCUT2D eigenvalue weighted by Gasteiger charge is 2.23. The van der Waals surface area contributed by atoms with E-state index in [0.29, 0.717) is 10.6 Å². The van der Waals surface area contributed by atoms with Crippen LogP contribution >= 0.6 is 22.9 Å². The quantitative estimate of drug-likeness (QED) is 0.756. The van der Waals surface area contributed by atoms with E-state index in [-0.39, 0.29) is 5.91 Å². The van der Waals surface area contributed by atoms with Crippen molar-refractivity contribution >= 4 is 39.8 Å². The Morgan fingerprint density at radius 2 is 1.79 bits per heavy atom. The number of hydrogen-bond acceptors (Lipinski definition) is 6. The molecule has 0 aliphatic carbocycles. The molecule has 4 rings (SSSR count). The second-order valence-electron chi connectivity index (χ2n) is 7.48. The van der Waals surface area contributed by atoms with E-state index in [0.717, 1.165) is 75.2 Å². The number of amides is 1. The van der Waals surface area contributed by atoms with Gasteiger partial charge in [-0.15, -0.1) is 11.3 Å². The smallest absolute Gasteiger partial charge is 0.255 e. The lowest BCUT2D eigenvalue weighted by atomic mass is 10.1. The monoisotopic (exact) mass is 419 g/mol. The first kappa shape index (κ1) is 19.5. The third kappa shape index (κ3) is 4.25. The molecular formula is C20H26ClN5OS. The van der Waals surface area contributed by atoms with Crippen LogP contribution in [0.1, 0.15) is 41.7 Å². The molecule has 2 aliphatic rings. The van der Waals surface area contributed by atoms with Crippen LogP contribution in [0.4, 0.5) is 10.9 Å². The molecule has 0 saturated carbocycles. The molecule has 28 heavy (non-hydrogen) atoms. The van der Waals surface area contributed by atoms with Crippen molar-refractivity contribution in [3.63, 3.8) is 0 Å². The molecular weight excluding hydrogens is 394 g/mol. The molecule has 2 aliphatic heterocycles. The van der Waals surface area contributed by atoms with Crippen LogP contribution in [0.2, 0.25) is 5.02 Å². The van der Waals surface area contributed by atoms with Gasteiger partial charge < -0.3 is 14.7 Å². The number of rotatable bonds is 3. The second-order valence-corrected chi connectivity index (χ2v) is 8.73. The number of anilines is 2. The van der Waals surface area contributed by atoms with Crippen molar-refractivity contribution in [3.05, 3.63) is 33.9 Å². The Hall–Kier alpha value is -1.86. The maximum Gasteiger partial charge on any atom is 0.255 e. The summed E-state index contributed by atoms with van der Waals surface area (Å²) in [5.41, 5.74) is 1.66. The van der Waals surface area contributed by atoms with Gasteiger partial charge in [0.15, 0.2) is 5.13 Å². The molecule has 0 atom stereocenters. The van der Waals surface area contributed by atoms with Crippen molar-refractivity contribution in [2.45, 2.75) is 32.6 Å². The molecule has 0 bridgehead atoms. The van der Waals surface area contributed by atoms with Gasteiger partial charge >= 0.3 is 0 Å². The first-order chi connectivity index (χ1) is 13.6. The van der Waals surface area contributed by atoms with E-state index in [1.165, 1.54) is 6.42 Å². The Morgan fingerprint density at radius 1 is 1.04 bits per heavy atom. The van der Waals surface area contributed by atoms with Gasteiger partial charge in [-0.1, -0.05) is 11.6 Å². The number of carbonyl (C=O) groups is 1. The summed E-state index contributed by atoms with van der Waals surface area (Å²) >= 11 is 8.25. The molecule has 2 aromatic rings. The summed E-state index contributed by atoms with van der Waals surface area (Å²) in [6.45, 7) is 7.29. The fraction of sp³-hybridized carbons (Fsp3) is 0.550. The number of piperidine rings is 1. The van der Waals surface area contributed by atoms with Crippen LogP contribution in [0.25, 0.3) is 0 Å². The van der Waals surface area contributed by atoms with Gasteiger partial charge in [-0.3, -0.25) is 4.79 Å². The number of carbonyl (C=O) groups excluding carboxylic acids is 1. The lowest BCUT2D eigenvalue weighted by molar-refractivity contribution is 0.0724. The van der Waals surface area contributed by atoms with Gasteiger partial charge in [0.1, 0.15) is 5.82 Å². The summed E-state index contributed by atoms with van der Waals surface area (Å²) in [6, 6.07) is 1.79. The molecule has 4 heterocycles. The zero-order valence-corrected chi connectivity index (χ0v) is 17.8. The van der Waals surface area contributed by atoms with E-state index in [4.69, 9.17) is 11.6 Å². The van der Waals surface area contributed by atoms with E-state index in [1.54, 1.807) is 23.6 Å². The van der Waals surface area contributed by atoms with Crippen LogP contribution in [-0.2, 0) is 0 Å². The third-order valence-corrected chi connectivity index (χ3v) is 6.68. The van der Waals surface area contributed by atoms with Gasteiger partial charge in [0, 0.05) is 50.8 Å². The average Bonchev–Trinajstić information content (AvgIpc) is 3.00. The number of aryl methyl sites for hydroxylation is 1. The number of pyridine rings is 1. The normalized spacial score (nSPS) is 18.3. The molecule has 2 aromatic heterocycles. The van der Waals surface area contributed by atoms with Crippen LogP contribution in [0.5, 0.6) is 0 Å². The summed E-state index contributed by atoms with van der Waals surface area (Å²) in [4.78, 5) is 28.3. The second kappa shape index (κ2) is 8.66. The van der Waals surface area contributed by atoms with Crippen LogP contribution < -0.4 is 9.80 Å². The highest BCUT2D eigenvalue weighted by molar-refractivity contribution is 7.13. The van der Waals surface area contributed by atoms with Gasteiger partial charge in [-0.25, -0.2) is 9.97 Å². The Balaban J connectivity index is 1.44. The number of thiazole rings is 1. The predicted octanol–water partition coefficient (Wildman–Crippen LogP) is 3.84. The Kier molecular flexibility index (Phi) is 6.01. The Labute approximate surface area is 175 Å². The van der Waals surface area contributed by atoms with Crippen LogP contribution in [0.15, 0.2) is 17.6 Å². The number of halogens is 1. The maximum absolute atomic E-state index is 12.7. The van der Waals surface area contributed by atoms with Gasteiger partial charge in [-0.2, -0.15) is 0 Å². The molecule has 8 heteroatoms. The molecule has 0 spiro atoms. The molecule has 0 radical (unpaired) electrons. The fourth-order valence-electron chi connectivity index (χ4n) is 3.87. The van der Waals surface area contributed by atoms with E-state index in [2.05, 4.69) is 25.1 Å². The van der Waals surface area contributed by atoms with Crippen LogP contribution in [0.3, 0.4) is 0 Å². The molecule has 0 aromatic carbocycles. The average molecular weight is 420 g/mol. The van der Waals surface area contributed by atoms with Crippen LogP contribution in [0, 0.1) is 6.92 Å². The van der Waals surface area contributed by atoms with E-state index < -0.39 is 0 Å².